The van der Waals surface area contributed by atoms with Gasteiger partial charge in [0.15, 0.2) is 5.78 Å². The van der Waals surface area contributed by atoms with E-state index in [0.717, 1.165) is 161 Å². The molecule has 692 valence electrons. The molecule has 0 saturated heterocycles. The number of ketones is 6. The number of unbranched alkanes of at least 4 members (excludes halogenated alkanes) is 20. The van der Waals surface area contributed by atoms with E-state index >= 15 is 0 Å². The van der Waals surface area contributed by atoms with Crippen molar-refractivity contribution < 1.29 is 132 Å². The van der Waals surface area contributed by atoms with Crippen molar-refractivity contribution in [3.8, 4) is 0 Å². The van der Waals surface area contributed by atoms with Crippen molar-refractivity contribution in [1.82, 2.24) is 26.6 Å². The number of aliphatic carboxylic acids is 4. The van der Waals surface area contributed by atoms with Crippen LogP contribution in [0.25, 0.3) is 0 Å². The number of nitrogens with one attached hydrogen (secondary N) is 5. The smallest absolute Gasteiger partial charge is 0.326 e. The maximum absolute atomic E-state index is 12.4. The van der Waals surface area contributed by atoms with E-state index in [9.17, 15) is 82.1 Å². The van der Waals surface area contributed by atoms with Gasteiger partial charge in [-0.1, -0.05) is 150 Å². The average molecular weight is 1700 g/mol. The van der Waals surface area contributed by atoms with Crippen LogP contribution >= 0.6 is 0 Å². The maximum Gasteiger partial charge on any atom is 0.326 e. The van der Waals surface area contributed by atoms with Gasteiger partial charge in [0.2, 0.25) is 29.5 Å². The van der Waals surface area contributed by atoms with Gasteiger partial charge in [-0.25, -0.2) is 4.79 Å². The summed E-state index contributed by atoms with van der Waals surface area (Å²) in [6.45, 7) is 18.9. The SMILES string of the molecule is CC(=O)C(C)(C)C.CC(=O)[C@@H](C)CCCCNC(=O)COCCOCCCC(=O)COCCOCCNC(=O)CC[C@H](CC(=O)CCCCCCCCCCCCC(=O)O)C(=O)O.CC(=O)[C@@H](C)CCCCNC(=O)COCCOCCNC(=O)COCCOCCCC(=O)CC[C@H](NC(=O)CCCCCCCCCCCCC(=O)O)C(=O)O.[H-]. The van der Waals surface area contributed by atoms with Gasteiger partial charge in [-0.15, -0.1) is 0 Å². The fraction of sp³-hybridized carbons (Fsp3) is 0.828. The zero-order valence-corrected chi connectivity index (χ0v) is 73.7. The molecule has 0 aliphatic carbocycles. The Bertz CT molecular complexity index is 2590. The largest absolute Gasteiger partial charge is 1.00 e. The molecule has 0 heterocycles. The number of carboxylic acids is 4. The molecular weight excluding hydrogens is 1550 g/mol. The van der Waals surface area contributed by atoms with Crippen LogP contribution in [-0.4, -0.2) is 246 Å². The predicted octanol–water partition coefficient (Wildman–Crippen LogP) is 11.1. The normalized spacial score (nSPS) is 12.1. The van der Waals surface area contributed by atoms with Crippen molar-refractivity contribution in [1.29, 1.82) is 0 Å². The molecule has 9 N–H and O–H groups in total. The molecule has 0 aliphatic heterocycles. The van der Waals surface area contributed by atoms with Gasteiger partial charge in [-0.3, -0.25) is 67.1 Å². The third kappa shape index (κ3) is 87.1. The van der Waals surface area contributed by atoms with Crippen molar-refractivity contribution in [2.45, 2.75) is 312 Å². The first-order chi connectivity index (χ1) is 56.8. The van der Waals surface area contributed by atoms with Crippen LogP contribution in [0.2, 0.25) is 0 Å². The standard InChI is InChI=1S/C41H72N2O13.C40H71N3O13.C6H12O.H/c1-33(34(2)44)16-13-14-22-42-39(48)32-56-29-26-53-24-15-18-37(46)31-55-28-27-54-25-23-43-38(47)21-20-35(41(51)52)30-36(45)17-11-9-7-5-3-4-6-8-10-12-19-40(49)50;1-32(33(2)44)16-13-14-22-41-37(47)30-56-29-27-54-25-23-42-38(48)31-55-28-26-53-24-15-17-34(45)20-21-35(40(51)52)43-36(46)18-11-9-7-5-3-4-6-8-10-12-19-39(49)50;1-5(7)6(2,3)4;/h33,35H,3-32H2,1-2H3,(H,42,48)(H,43,47)(H,49,50)(H,51,52);32,35H,3-31H2,1-2H3,(H,41,47)(H,42,48)(H,43,46)(H,49,50)(H,51,52);1-4H3;/q;;;-1/t33-,35+;32-,35-;;/m00../s1. The minimum absolute atomic E-state index is 0. The lowest BCUT2D eigenvalue weighted by Crippen LogP contribution is -2.41. The van der Waals surface area contributed by atoms with Gasteiger partial charge in [0, 0.05) is 114 Å². The Balaban J connectivity index is -0.00000103. The van der Waals surface area contributed by atoms with Gasteiger partial charge < -0.3 is 86.3 Å². The summed E-state index contributed by atoms with van der Waals surface area (Å²) in [5.74, 6) is -5.53. The Labute approximate surface area is 710 Å². The molecule has 0 aromatic heterocycles. The van der Waals surface area contributed by atoms with Crippen molar-refractivity contribution >= 4 is 88.1 Å². The highest BCUT2D eigenvalue weighted by atomic mass is 16.5. The minimum Gasteiger partial charge on any atom is -1.00 e. The van der Waals surface area contributed by atoms with Crippen LogP contribution in [-0.2, 0) is 110 Å². The number of carboxylic acid groups (broad SMARTS) is 4. The van der Waals surface area contributed by atoms with Crippen molar-refractivity contribution in [2.75, 3.05) is 132 Å². The van der Waals surface area contributed by atoms with Gasteiger partial charge in [0.25, 0.3) is 0 Å². The zero-order chi connectivity index (χ0) is 89.4. The Morgan fingerprint density at radius 1 is 0.294 bits per heavy atom. The first-order valence-corrected chi connectivity index (χ1v) is 43.7. The molecule has 5 amide bonds. The van der Waals surface area contributed by atoms with E-state index in [2.05, 4.69) is 26.6 Å². The highest BCUT2D eigenvalue weighted by Gasteiger charge is 2.24. The van der Waals surface area contributed by atoms with E-state index in [4.69, 9.17) is 48.1 Å². The highest BCUT2D eigenvalue weighted by Crippen LogP contribution is 2.19. The number of amides is 5. The average Bonchev–Trinajstić information content (AvgIpc) is 0.932. The summed E-state index contributed by atoms with van der Waals surface area (Å²) < 4.78 is 42.9. The lowest BCUT2D eigenvalue weighted by molar-refractivity contribution is -0.144. The van der Waals surface area contributed by atoms with Gasteiger partial charge >= 0.3 is 23.9 Å². The summed E-state index contributed by atoms with van der Waals surface area (Å²) >= 11 is 0. The topological polar surface area (TPSA) is 471 Å². The van der Waals surface area contributed by atoms with Crippen LogP contribution in [0, 0.1) is 23.2 Å². The number of hydrogen-bond acceptors (Lipinski definition) is 23. The molecule has 0 bridgehead atoms. The monoisotopic (exact) mass is 1700 g/mol. The van der Waals surface area contributed by atoms with Crippen LogP contribution in [0.1, 0.15) is 307 Å². The quantitative estimate of drug-likeness (QED) is 0.0255. The Kier molecular flexibility index (Phi) is 79.9. The molecular formula is C87H156N5O27-. The molecule has 0 spiro atoms. The maximum atomic E-state index is 12.4. The summed E-state index contributed by atoms with van der Waals surface area (Å²) in [5, 5.41) is 49.7. The van der Waals surface area contributed by atoms with Crippen molar-refractivity contribution in [3.63, 3.8) is 0 Å². The number of carbonyl (C=O) groups excluding carboxylic acids is 11. The first kappa shape index (κ1) is 116. The second kappa shape index (κ2) is 81.9. The molecule has 0 aromatic carbocycles. The summed E-state index contributed by atoms with van der Waals surface area (Å²) in [5.41, 5.74) is -0.139. The summed E-state index contributed by atoms with van der Waals surface area (Å²) in [6, 6.07) is -1.11. The van der Waals surface area contributed by atoms with Crippen LogP contribution in [0.15, 0.2) is 0 Å². The Morgan fingerprint density at radius 2 is 0.622 bits per heavy atom. The van der Waals surface area contributed by atoms with E-state index in [1.54, 1.807) is 20.8 Å². The Hall–Kier alpha value is -7.07. The third-order valence-corrected chi connectivity index (χ3v) is 19.3. The predicted molar refractivity (Wildman–Crippen MR) is 451 cm³/mol. The molecule has 4 atom stereocenters. The number of ether oxygens (including phenoxy) is 8. The van der Waals surface area contributed by atoms with Crippen molar-refractivity contribution in [2.24, 2.45) is 23.2 Å². The molecule has 32 heteroatoms. The molecule has 0 radical (unpaired) electrons. The third-order valence-electron chi connectivity index (χ3n) is 19.3. The van der Waals surface area contributed by atoms with Crippen LogP contribution < -0.4 is 26.6 Å². The van der Waals surface area contributed by atoms with Crippen molar-refractivity contribution in [3.05, 3.63) is 0 Å². The molecule has 0 aliphatic rings. The summed E-state index contributed by atoms with van der Waals surface area (Å²) in [7, 11) is 0. The number of Topliss-reactive ketones (excluding diaryl/α,β-unsaturated/α-hetero) is 6. The number of hydrogen-bond donors (Lipinski definition) is 9. The molecule has 0 fully saturated rings. The van der Waals surface area contributed by atoms with Crippen LogP contribution in [0.4, 0.5) is 0 Å². The van der Waals surface area contributed by atoms with E-state index < -0.39 is 35.8 Å². The summed E-state index contributed by atoms with van der Waals surface area (Å²) in [6.07, 6.45) is 27.2. The van der Waals surface area contributed by atoms with Gasteiger partial charge in [-0.05, 0) is 97.8 Å². The van der Waals surface area contributed by atoms with Crippen LogP contribution in [0.3, 0.4) is 0 Å². The first-order valence-electron chi connectivity index (χ1n) is 43.7. The molecule has 0 saturated carbocycles. The summed E-state index contributed by atoms with van der Waals surface area (Å²) in [4.78, 5) is 174. The molecule has 119 heavy (non-hydrogen) atoms. The molecule has 0 unspecified atom stereocenters. The van der Waals surface area contributed by atoms with Gasteiger partial charge in [0.1, 0.15) is 61.4 Å². The fourth-order valence-corrected chi connectivity index (χ4v) is 11.1. The number of rotatable bonds is 83. The van der Waals surface area contributed by atoms with Gasteiger partial charge in [0.05, 0.1) is 72.0 Å². The minimum atomic E-state index is -1.17. The van der Waals surface area contributed by atoms with E-state index in [1.807, 2.05) is 34.6 Å². The van der Waals surface area contributed by atoms with E-state index in [1.165, 1.54) is 0 Å². The lowest BCUT2D eigenvalue weighted by atomic mass is 9.92. The molecule has 32 nitrogen and oxygen atoms in total. The second-order valence-electron chi connectivity index (χ2n) is 31.3. The fourth-order valence-electron chi connectivity index (χ4n) is 11.1. The molecule has 0 aromatic rings. The lowest BCUT2D eigenvalue weighted by Gasteiger charge is -2.14. The second-order valence-corrected chi connectivity index (χ2v) is 31.3. The molecule has 0 rings (SSSR count). The van der Waals surface area contributed by atoms with E-state index in [0.29, 0.717) is 71.6 Å². The van der Waals surface area contributed by atoms with Gasteiger partial charge in [-0.2, -0.15) is 0 Å². The van der Waals surface area contributed by atoms with Crippen LogP contribution in [0.5, 0.6) is 0 Å². The highest BCUT2D eigenvalue weighted by molar-refractivity contribution is 5.86. The van der Waals surface area contributed by atoms with E-state index in [-0.39, 0.29) is 233 Å². The Morgan fingerprint density at radius 3 is 0.992 bits per heavy atom. The number of carbonyl (C=O) groups is 15. The zero-order valence-electron chi connectivity index (χ0n) is 74.7.